The second kappa shape index (κ2) is 5.97. The van der Waals surface area contributed by atoms with Crippen LogP contribution in [0.25, 0.3) is 0 Å². The Hall–Kier alpha value is -0.690. The molecule has 1 aliphatic carbocycles. The first-order valence-corrected chi connectivity index (χ1v) is 8.40. The van der Waals surface area contributed by atoms with Crippen LogP contribution in [0.2, 0.25) is 5.02 Å². The Morgan fingerprint density at radius 1 is 1.45 bits per heavy atom. The van der Waals surface area contributed by atoms with E-state index in [4.69, 9.17) is 17.3 Å². The second-order valence-electron chi connectivity index (χ2n) is 4.98. The van der Waals surface area contributed by atoms with Gasteiger partial charge in [0, 0.05) is 19.6 Å². The predicted molar refractivity (Wildman–Crippen MR) is 76.5 cm³/mol. The molecular formula is C13H18ClFN2O2S. The van der Waals surface area contributed by atoms with Crippen molar-refractivity contribution in [3.63, 3.8) is 0 Å². The molecule has 2 rings (SSSR count). The normalized spacial score (nSPS) is 15.8. The van der Waals surface area contributed by atoms with Gasteiger partial charge in [-0.25, -0.2) is 12.8 Å². The summed E-state index contributed by atoms with van der Waals surface area (Å²) in [5, 5.41) is -0.114. The maximum absolute atomic E-state index is 13.7. The van der Waals surface area contributed by atoms with Crippen molar-refractivity contribution in [2.24, 2.45) is 11.7 Å². The number of rotatable bonds is 6. The molecule has 112 valence electrons. The first-order valence-electron chi connectivity index (χ1n) is 6.58. The first-order chi connectivity index (χ1) is 9.40. The van der Waals surface area contributed by atoms with Crippen LogP contribution in [0.3, 0.4) is 0 Å². The first kappa shape index (κ1) is 15.7. The zero-order chi connectivity index (χ0) is 14.9. The van der Waals surface area contributed by atoms with Gasteiger partial charge in [0.25, 0.3) is 0 Å². The molecule has 20 heavy (non-hydrogen) atoms. The molecule has 7 heteroatoms. The molecule has 4 nitrogen and oxygen atoms in total. The van der Waals surface area contributed by atoms with Gasteiger partial charge >= 0.3 is 0 Å². The molecule has 1 fully saturated rings. The molecule has 0 saturated heterocycles. The largest absolute Gasteiger partial charge is 0.326 e. The highest BCUT2D eigenvalue weighted by molar-refractivity contribution is 7.89. The fourth-order valence-corrected chi connectivity index (χ4v) is 3.83. The Labute approximate surface area is 123 Å². The minimum absolute atomic E-state index is 0.00609. The number of sulfonamides is 1. The molecule has 1 aromatic rings. The molecule has 2 N–H and O–H groups in total. The monoisotopic (exact) mass is 320 g/mol. The maximum atomic E-state index is 13.7. The van der Waals surface area contributed by atoms with Crippen LogP contribution < -0.4 is 5.73 Å². The summed E-state index contributed by atoms with van der Waals surface area (Å²) in [7, 11) is -3.70. The number of halogens is 2. The molecule has 0 radical (unpaired) electrons. The number of nitrogens with two attached hydrogens (primary N) is 1. The summed E-state index contributed by atoms with van der Waals surface area (Å²) < 4.78 is 40.2. The van der Waals surface area contributed by atoms with Crippen molar-refractivity contribution < 1.29 is 12.8 Å². The number of nitrogens with zero attached hydrogens (tertiary/aromatic N) is 1. The Morgan fingerprint density at radius 2 is 2.10 bits per heavy atom. The standard InChI is InChI=1S/C13H18ClFN2O2S/c1-2-17(8-9-3-4-9)20(18,19)11-5-10(7-16)13(14)12(15)6-11/h5-6,9H,2-4,7-8,16H2,1H3. The zero-order valence-electron chi connectivity index (χ0n) is 11.3. The zero-order valence-corrected chi connectivity index (χ0v) is 12.8. The summed E-state index contributed by atoms with van der Waals surface area (Å²) in [6.45, 7) is 2.62. The van der Waals surface area contributed by atoms with E-state index in [1.807, 2.05) is 0 Å². The average molecular weight is 321 g/mol. The number of hydrogen-bond acceptors (Lipinski definition) is 3. The van der Waals surface area contributed by atoms with Crippen LogP contribution in [-0.2, 0) is 16.6 Å². The summed E-state index contributed by atoms with van der Waals surface area (Å²) in [6, 6.07) is 2.32. The lowest BCUT2D eigenvalue weighted by molar-refractivity contribution is 0.411. The SMILES string of the molecule is CCN(CC1CC1)S(=O)(=O)c1cc(F)c(Cl)c(CN)c1. The van der Waals surface area contributed by atoms with Crippen molar-refractivity contribution >= 4 is 21.6 Å². The van der Waals surface area contributed by atoms with Gasteiger partial charge < -0.3 is 5.73 Å². The van der Waals surface area contributed by atoms with Crippen molar-refractivity contribution in [2.45, 2.75) is 31.2 Å². The minimum atomic E-state index is -3.70. The summed E-state index contributed by atoms with van der Waals surface area (Å²) in [5.41, 5.74) is 5.77. The Morgan fingerprint density at radius 3 is 2.60 bits per heavy atom. The van der Waals surface area contributed by atoms with Gasteiger partial charge in [0.05, 0.1) is 9.92 Å². The van der Waals surface area contributed by atoms with Crippen molar-refractivity contribution in [1.82, 2.24) is 4.31 Å². The van der Waals surface area contributed by atoms with E-state index in [0.717, 1.165) is 18.9 Å². The third-order valence-electron chi connectivity index (χ3n) is 3.45. The summed E-state index contributed by atoms with van der Waals surface area (Å²) in [5.74, 6) is -0.327. The highest BCUT2D eigenvalue weighted by atomic mass is 35.5. The minimum Gasteiger partial charge on any atom is -0.326 e. The molecule has 1 aromatic carbocycles. The van der Waals surface area contributed by atoms with Crippen molar-refractivity contribution in [3.05, 3.63) is 28.5 Å². The van der Waals surface area contributed by atoms with Crippen LogP contribution in [0, 0.1) is 11.7 Å². The fraction of sp³-hybridized carbons (Fsp3) is 0.538. The highest BCUT2D eigenvalue weighted by Gasteiger charge is 2.31. The van der Waals surface area contributed by atoms with Gasteiger partial charge in [0.1, 0.15) is 5.82 Å². The lowest BCUT2D eigenvalue weighted by atomic mass is 10.2. The van der Waals surface area contributed by atoms with Crippen LogP contribution in [-0.4, -0.2) is 25.8 Å². The summed E-state index contributed by atoms with van der Waals surface area (Å²) in [6.07, 6.45) is 2.10. The van der Waals surface area contributed by atoms with Crippen molar-refractivity contribution in [1.29, 1.82) is 0 Å². The summed E-state index contributed by atoms with van der Waals surface area (Å²) in [4.78, 5) is -0.0812. The van der Waals surface area contributed by atoms with Gasteiger partial charge in [-0.1, -0.05) is 18.5 Å². The molecule has 0 unspecified atom stereocenters. The maximum Gasteiger partial charge on any atom is 0.243 e. The van der Waals surface area contributed by atoms with E-state index < -0.39 is 15.8 Å². The fourth-order valence-electron chi connectivity index (χ4n) is 2.05. The molecule has 0 spiro atoms. The van der Waals surface area contributed by atoms with Gasteiger partial charge in [-0.15, -0.1) is 0 Å². The molecule has 0 bridgehead atoms. The molecule has 0 aliphatic heterocycles. The summed E-state index contributed by atoms with van der Waals surface area (Å²) >= 11 is 5.76. The van der Waals surface area contributed by atoms with Crippen LogP contribution in [0.1, 0.15) is 25.3 Å². The van der Waals surface area contributed by atoms with E-state index in [2.05, 4.69) is 0 Å². The molecule has 1 saturated carbocycles. The average Bonchev–Trinajstić information content (AvgIpc) is 3.22. The van der Waals surface area contributed by atoms with E-state index in [1.165, 1.54) is 10.4 Å². The van der Waals surface area contributed by atoms with Crippen LogP contribution in [0.15, 0.2) is 17.0 Å². The van der Waals surface area contributed by atoms with Crippen LogP contribution in [0.5, 0.6) is 0 Å². The van der Waals surface area contributed by atoms with Crippen molar-refractivity contribution in [2.75, 3.05) is 13.1 Å². The van der Waals surface area contributed by atoms with Gasteiger partial charge in [-0.2, -0.15) is 4.31 Å². The quantitative estimate of drug-likeness (QED) is 0.875. The predicted octanol–water partition coefficient (Wildman–Crippen LogP) is 2.36. The molecular weight excluding hydrogens is 303 g/mol. The molecule has 0 heterocycles. The van der Waals surface area contributed by atoms with Crippen LogP contribution >= 0.6 is 11.6 Å². The topological polar surface area (TPSA) is 63.4 Å². The van der Waals surface area contributed by atoms with Gasteiger partial charge in [-0.05, 0) is 36.5 Å². The van der Waals surface area contributed by atoms with Crippen LogP contribution in [0.4, 0.5) is 4.39 Å². The Bertz CT molecular complexity index is 603. The number of benzene rings is 1. The van der Waals surface area contributed by atoms with Gasteiger partial charge in [-0.3, -0.25) is 0 Å². The van der Waals surface area contributed by atoms with Crippen molar-refractivity contribution in [3.8, 4) is 0 Å². The Balaban J connectivity index is 2.39. The van der Waals surface area contributed by atoms with E-state index in [-0.39, 0.29) is 16.5 Å². The molecule has 0 atom stereocenters. The van der Waals surface area contributed by atoms with Gasteiger partial charge in [0.15, 0.2) is 0 Å². The highest BCUT2D eigenvalue weighted by Crippen LogP contribution is 2.32. The second-order valence-corrected chi connectivity index (χ2v) is 7.30. The molecule has 1 aliphatic rings. The number of hydrogen-bond donors (Lipinski definition) is 1. The van der Waals surface area contributed by atoms with Gasteiger partial charge in [0.2, 0.25) is 10.0 Å². The van der Waals surface area contributed by atoms with E-state index in [1.54, 1.807) is 6.92 Å². The van der Waals surface area contributed by atoms with E-state index >= 15 is 0 Å². The smallest absolute Gasteiger partial charge is 0.243 e. The van der Waals surface area contributed by atoms with E-state index in [9.17, 15) is 12.8 Å². The Kier molecular flexibility index (Phi) is 4.69. The lowest BCUT2D eigenvalue weighted by Gasteiger charge is -2.21. The van der Waals surface area contributed by atoms with E-state index in [0.29, 0.717) is 24.6 Å². The molecule has 0 amide bonds. The molecule has 0 aromatic heterocycles. The lowest BCUT2D eigenvalue weighted by Crippen LogP contribution is -2.33. The third kappa shape index (κ3) is 3.14. The third-order valence-corrected chi connectivity index (χ3v) is 5.79.